The largest absolute Gasteiger partial charge is 0.491 e. The van der Waals surface area contributed by atoms with Crippen molar-refractivity contribution in [2.24, 2.45) is 5.92 Å². The highest BCUT2D eigenvalue weighted by molar-refractivity contribution is 7.99. The third-order valence-corrected chi connectivity index (χ3v) is 7.51. The van der Waals surface area contributed by atoms with E-state index in [4.69, 9.17) is 25.8 Å². The van der Waals surface area contributed by atoms with E-state index in [9.17, 15) is 14.4 Å². The molecule has 1 aliphatic rings. The minimum atomic E-state index is -0.691. The molecule has 3 atom stereocenters. The number of carbonyl (C=O) groups is 3. The van der Waals surface area contributed by atoms with E-state index in [1.54, 1.807) is 6.07 Å². The summed E-state index contributed by atoms with van der Waals surface area (Å²) < 4.78 is 18.0. The maximum absolute atomic E-state index is 12.6. The molecule has 200 valence electrons. The van der Waals surface area contributed by atoms with E-state index in [0.29, 0.717) is 30.0 Å². The number of carbonyl (C=O) groups excluding carboxylic acids is 3. The molecule has 3 rings (SSSR count). The van der Waals surface area contributed by atoms with Crippen LogP contribution < -0.4 is 10.1 Å². The molecule has 2 amide bonds. The molecule has 3 unspecified atom stereocenters. The Kier molecular flexibility index (Phi) is 11.8. The van der Waals surface area contributed by atoms with Gasteiger partial charge in [0.2, 0.25) is 18.6 Å². The summed E-state index contributed by atoms with van der Waals surface area (Å²) in [7, 11) is 0. The zero-order valence-corrected chi connectivity index (χ0v) is 22.8. The highest BCUT2D eigenvalue weighted by Crippen LogP contribution is 2.29. The van der Waals surface area contributed by atoms with Crippen LogP contribution in [0.15, 0.2) is 48.5 Å². The maximum Gasteiger partial charge on any atom is 0.311 e. The fraction of sp³-hybridized carbons (Fsp3) is 0.464. The molecule has 0 aromatic heterocycles. The first-order valence-corrected chi connectivity index (χ1v) is 14.2. The number of hydrogen-bond donors (Lipinski definition) is 1. The van der Waals surface area contributed by atoms with Crippen LogP contribution in [0.3, 0.4) is 0 Å². The summed E-state index contributed by atoms with van der Waals surface area (Å²) in [5.41, 5.74) is 1.77. The van der Waals surface area contributed by atoms with Crippen LogP contribution in [0.4, 0.5) is 0 Å². The molecule has 0 bridgehead atoms. The van der Waals surface area contributed by atoms with Crippen molar-refractivity contribution in [1.82, 2.24) is 5.32 Å². The molecule has 1 N–H and O–H groups in total. The maximum atomic E-state index is 12.6. The fourth-order valence-electron chi connectivity index (χ4n) is 4.24. The Morgan fingerprint density at radius 3 is 2.51 bits per heavy atom. The molecular formula is C28H34ClNO6S. The lowest BCUT2D eigenvalue weighted by Crippen LogP contribution is -2.32. The third-order valence-electron chi connectivity index (χ3n) is 6.33. The van der Waals surface area contributed by atoms with Gasteiger partial charge >= 0.3 is 5.97 Å². The first-order chi connectivity index (χ1) is 17.9. The second-order valence-electron chi connectivity index (χ2n) is 8.95. The Balaban J connectivity index is 1.65. The van der Waals surface area contributed by atoms with Crippen LogP contribution in [0.1, 0.15) is 56.3 Å². The van der Waals surface area contributed by atoms with E-state index >= 15 is 0 Å². The number of esters is 1. The van der Waals surface area contributed by atoms with Crippen LogP contribution >= 0.6 is 23.4 Å². The van der Waals surface area contributed by atoms with Gasteiger partial charge < -0.3 is 14.2 Å². The molecule has 0 heterocycles. The topological polar surface area (TPSA) is 90.9 Å². The molecular weight excluding hydrogens is 514 g/mol. The highest BCUT2D eigenvalue weighted by atomic mass is 35.5. The molecule has 2 aromatic carbocycles. The van der Waals surface area contributed by atoms with E-state index in [1.165, 1.54) is 11.8 Å². The standard InChI is InChI=1S/C28H34ClNO6S/c1-3-26(36-28(33)20-7-4-5-8-20)35-24(21-9-6-10-22(29)16-21)17-34-23-13-11-19(12-14-23)15-25(37-2)27(32)30-18-31/h6,9-14,16,18,20,24-26H,3-5,7-8,15,17H2,1-2H3,(H,30,31,32). The van der Waals surface area contributed by atoms with E-state index in [-0.39, 0.29) is 29.7 Å². The van der Waals surface area contributed by atoms with Crippen LogP contribution in [-0.2, 0) is 30.3 Å². The Morgan fingerprint density at radius 1 is 1.16 bits per heavy atom. The molecule has 7 nitrogen and oxygen atoms in total. The molecule has 0 radical (unpaired) electrons. The molecule has 37 heavy (non-hydrogen) atoms. The number of imide groups is 1. The van der Waals surface area contributed by atoms with Crippen molar-refractivity contribution < 1.29 is 28.6 Å². The first kappa shape index (κ1) is 29.0. The van der Waals surface area contributed by atoms with Crippen molar-refractivity contribution in [3.05, 3.63) is 64.7 Å². The summed E-state index contributed by atoms with van der Waals surface area (Å²) in [6.45, 7) is 2.10. The van der Waals surface area contributed by atoms with Gasteiger partial charge in [-0.3, -0.25) is 19.7 Å². The number of halogens is 1. The van der Waals surface area contributed by atoms with Crippen LogP contribution in [0.5, 0.6) is 5.75 Å². The average Bonchev–Trinajstić information content (AvgIpc) is 3.45. The zero-order chi connectivity index (χ0) is 26.6. The second kappa shape index (κ2) is 15.0. The number of hydrogen-bond acceptors (Lipinski definition) is 7. The van der Waals surface area contributed by atoms with Crippen molar-refractivity contribution in [1.29, 1.82) is 0 Å². The van der Waals surface area contributed by atoms with Gasteiger partial charge in [-0.15, -0.1) is 0 Å². The van der Waals surface area contributed by atoms with Crippen molar-refractivity contribution in [2.45, 2.75) is 63.1 Å². The summed E-state index contributed by atoms with van der Waals surface area (Å²) >= 11 is 7.61. The minimum Gasteiger partial charge on any atom is -0.491 e. The summed E-state index contributed by atoms with van der Waals surface area (Å²) in [6, 6.07) is 14.8. The summed E-state index contributed by atoms with van der Waals surface area (Å²) in [6.07, 6.45) is 5.88. The van der Waals surface area contributed by atoms with Gasteiger partial charge in [0, 0.05) is 11.4 Å². The first-order valence-electron chi connectivity index (χ1n) is 12.5. The lowest BCUT2D eigenvalue weighted by Gasteiger charge is -2.25. The van der Waals surface area contributed by atoms with Crippen LogP contribution in [0.2, 0.25) is 5.02 Å². The number of thioether (sulfide) groups is 1. The van der Waals surface area contributed by atoms with E-state index < -0.39 is 12.4 Å². The fourth-order valence-corrected chi connectivity index (χ4v) is 5.08. The van der Waals surface area contributed by atoms with E-state index in [1.807, 2.05) is 55.6 Å². The Bertz CT molecular complexity index is 1030. The van der Waals surface area contributed by atoms with Gasteiger partial charge in [-0.25, -0.2) is 0 Å². The van der Waals surface area contributed by atoms with Gasteiger partial charge in [0.1, 0.15) is 18.5 Å². The summed E-state index contributed by atoms with van der Waals surface area (Å²) in [5.74, 6) is 0.0696. The normalized spacial score (nSPS) is 16.0. The number of benzene rings is 2. The van der Waals surface area contributed by atoms with Gasteiger partial charge in [-0.05, 0) is 60.9 Å². The van der Waals surface area contributed by atoms with Gasteiger partial charge in [0.25, 0.3) is 0 Å². The second-order valence-corrected chi connectivity index (χ2v) is 10.4. The van der Waals surface area contributed by atoms with Crippen molar-refractivity contribution in [3.8, 4) is 5.75 Å². The molecule has 1 saturated carbocycles. The highest BCUT2D eigenvalue weighted by Gasteiger charge is 2.28. The molecule has 1 aliphatic carbocycles. The minimum absolute atomic E-state index is 0.0488. The summed E-state index contributed by atoms with van der Waals surface area (Å²) in [4.78, 5) is 35.1. The Morgan fingerprint density at radius 2 is 1.89 bits per heavy atom. The monoisotopic (exact) mass is 547 g/mol. The van der Waals surface area contributed by atoms with Crippen LogP contribution in [-0.4, -0.2) is 42.7 Å². The van der Waals surface area contributed by atoms with Crippen molar-refractivity contribution in [3.63, 3.8) is 0 Å². The SMILES string of the molecule is CCC(OC(=O)C1CCCC1)OC(COc1ccc(CC(SC)C(=O)NC=O)cc1)c1cccc(Cl)c1. The lowest BCUT2D eigenvalue weighted by atomic mass is 10.1. The number of rotatable bonds is 14. The average molecular weight is 548 g/mol. The van der Waals surface area contributed by atoms with Crippen molar-refractivity contribution in [2.75, 3.05) is 12.9 Å². The zero-order valence-electron chi connectivity index (χ0n) is 21.2. The lowest BCUT2D eigenvalue weighted by molar-refractivity contribution is -0.198. The number of nitrogens with one attached hydrogen (secondary N) is 1. The number of amides is 2. The molecule has 0 saturated heterocycles. The van der Waals surface area contributed by atoms with Gasteiger partial charge in [-0.1, -0.05) is 55.6 Å². The smallest absolute Gasteiger partial charge is 0.311 e. The molecule has 9 heteroatoms. The number of ether oxygens (including phenoxy) is 3. The molecule has 0 aliphatic heterocycles. The van der Waals surface area contributed by atoms with Gasteiger partial charge in [-0.2, -0.15) is 11.8 Å². The van der Waals surface area contributed by atoms with Crippen molar-refractivity contribution >= 4 is 41.6 Å². The summed E-state index contributed by atoms with van der Waals surface area (Å²) in [5, 5.41) is 2.42. The quantitative estimate of drug-likeness (QED) is 0.190. The molecule has 2 aromatic rings. The Hall–Kier alpha value is -2.55. The molecule has 1 fully saturated rings. The molecule has 0 spiro atoms. The third kappa shape index (κ3) is 9.05. The predicted molar refractivity (Wildman–Crippen MR) is 145 cm³/mol. The van der Waals surface area contributed by atoms with Gasteiger partial charge in [0.15, 0.2) is 0 Å². The van der Waals surface area contributed by atoms with E-state index in [0.717, 1.165) is 36.8 Å². The predicted octanol–water partition coefficient (Wildman–Crippen LogP) is 5.49. The van der Waals surface area contributed by atoms with Crippen LogP contribution in [0.25, 0.3) is 0 Å². The van der Waals surface area contributed by atoms with E-state index in [2.05, 4.69) is 5.32 Å². The van der Waals surface area contributed by atoms with Gasteiger partial charge in [0.05, 0.1) is 11.2 Å². The Labute approximate surface area is 227 Å². The van der Waals surface area contributed by atoms with Crippen LogP contribution in [0, 0.1) is 5.92 Å².